The lowest BCUT2D eigenvalue weighted by molar-refractivity contribution is -0.138. The van der Waals surface area contributed by atoms with Crippen LogP contribution in [-0.4, -0.2) is 31.0 Å². The number of benzene rings is 1. The molecule has 0 aromatic heterocycles. The van der Waals surface area contributed by atoms with Gasteiger partial charge in [-0.3, -0.25) is 4.79 Å². The zero-order valence-electron chi connectivity index (χ0n) is 15.5. The molecule has 3 aliphatic rings. The van der Waals surface area contributed by atoms with Crippen molar-refractivity contribution in [2.24, 2.45) is 17.3 Å². The number of amides is 1. The van der Waals surface area contributed by atoms with Gasteiger partial charge in [0.2, 0.25) is 5.91 Å². The Kier molecular flexibility index (Phi) is 4.75. The van der Waals surface area contributed by atoms with Crippen molar-refractivity contribution in [2.45, 2.75) is 57.8 Å². The van der Waals surface area contributed by atoms with Crippen molar-refractivity contribution in [2.75, 3.05) is 20.2 Å². The van der Waals surface area contributed by atoms with Crippen LogP contribution in [0.5, 0.6) is 5.75 Å². The van der Waals surface area contributed by atoms with Crippen LogP contribution in [0.2, 0.25) is 0 Å². The molecule has 0 N–H and O–H groups in total. The van der Waals surface area contributed by atoms with Gasteiger partial charge >= 0.3 is 0 Å². The maximum Gasteiger partial charge on any atom is 0.225 e. The molecule has 1 aliphatic heterocycles. The second-order valence-corrected chi connectivity index (χ2v) is 8.60. The molecule has 2 aliphatic carbocycles. The maximum atomic E-state index is 12.8. The predicted octanol–water partition coefficient (Wildman–Crippen LogP) is 4.45. The van der Waals surface area contributed by atoms with Crippen molar-refractivity contribution >= 4 is 5.91 Å². The van der Waals surface area contributed by atoms with Gasteiger partial charge in [0.25, 0.3) is 0 Å². The second kappa shape index (κ2) is 7.01. The van der Waals surface area contributed by atoms with E-state index in [0.29, 0.717) is 23.2 Å². The second-order valence-electron chi connectivity index (χ2n) is 8.60. The lowest BCUT2D eigenvalue weighted by Crippen LogP contribution is -2.43. The number of carbonyl (C=O) groups excluding carboxylic acids is 1. The highest BCUT2D eigenvalue weighted by Gasteiger charge is 2.46. The molecule has 1 heterocycles. The minimum atomic E-state index is 0.321. The van der Waals surface area contributed by atoms with E-state index in [2.05, 4.69) is 23.1 Å². The fraction of sp³-hybridized carbons (Fsp3) is 0.682. The summed E-state index contributed by atoms with van der Waals surface area (Å²) in [5.41, 5.74) is 2.03. The average molecular weight is 341 g/mol. The fourth-order valence-electron chi connectivity index (χ4n) is 4.90. The van der Waals surface area contributed by atoms with Crippen LogP contribution in [0, 0.1) is 17.3 Å². The van der Waals surface area contributed by atoms with E-state index in [1.165, 1.54) is 31.2 Å². The van der Waals surface area contributed by atoms with Gasteiger partial charge in [-0.15, -0.1) is 0 Å². The van der Waals surface area contributed by atoms with Crippen LogP contribution in [0.4, 0.5) is 0 Å². The van der Waals surface area contributed by atoms with E-state index in [-0.39, 0.29) is 0 Å². The van der Waals surface area contributed by atoms with Gasteiger partial charge in [0, 0.05) is 19.0 Å². The number of hydrogen-bond donors (Lipinski definition) is 0. The number of piperidine rings is 1. The summed E-state index contributed by atoms with van der Waals surface area (Å²) < 4.78 is 5.33. The SMILES string of the molecule is COc1cccc(CC2CCN(C(=O)C3CCC4(CC3)CC4)CC2)c1. The molecule has 1 saturated heterocycles. The Bertz CT molecular complexity index is 604. The predicted molar refractivity (Wildman–Crippen MR) is 99.6 cm³/mol. The van der Waals surface area contributed by atoms with Crippen molar-refractivity contribution in [3.8, 4) is 5.75 Å². The Hall–Kier alpha value is -1.51. The first-order chi connectivity index (χ1) is 12.2. The molecular formula is C22H31NO2. The third kappa shape index (κ3) is 3.86. The Morgan fingerprint density at radius 1 is 1.12 bits per heavy atom. The maximum absolute atomic E-state index is 12.8. The quantitative estimate of drug-likeness (QED) is 0.810. The van der Waals surface area contributed by atoms with Crippen molar-refractivity contribution in [1.29, 1.82) is 0 Å². The Morgan fingerprint density at radius 2 is 1.84 bits per heavy atom. The molecule has 1 spiro atoms. The standard InChI is InChI=1S/C22H31NO2/c1-25-20-4-2-3-18(16-20)15-17-7-13-23(14-8-17)21(24)19-5-9-22(10-6-19)11-12-22/h2-4,16-17,19H,5-15H2,1H3. The van der Waals surface area contributed by atoms with E-state index in [1.54, 1.807) is 7.11 Å². The third-order valence-electron chi connectivity index (χ3n) is 6.94. The van der Waals surface area contributed by atoms with Gasteiger partial charge in [-0.05, 0) is 86.8 Å². The summed E-state index contributed by atoms with van der Waals surface area (Å²) in [5, 5.41) is 0. The Morgan fingerprint density at radius 3 is 2.48 bits per heavy atom. The molecule has 0 atom stereocenters. The van der Waals surface area contributed by atoms with Crippen LogP contribution < -0.4 is 4.74 Å². The first kappa shape index (κ1) is 16.9. The Balaban J connectivity index is 1.25. The highest BCUT2D eigenvalue weighted by atomic mass is 16.5. The van der Waals surface area contributed by atoms with Crippen molar-refractivity contribution < 1.29 is 9.53 Å². The summed E-state index contributed by atoms with van der Waals surface area (Å²) in [6.45, 7) is 1.91. The highest BCUT2D eigenvalue weighted by Crippen LogP contribution is 2.57. The molecule has 0 radical (unpaired) electrons. The molecule has 3 fully saturated rings. The molecular weight excluding hydrogens is 310 g/mol. The van der Waals surface area contributed by atoms with E-state index in [1.807, 2.05) is 6.07 Å². The van der Waals surface area contributed by atoms with Gasteiger partial charge in [-0.1, -0.05) is 12.1 Å². The lowest BCUT2D eigenvalue weighted by atomic mass is 9.79. The molecule has 0 bridgehead atoms. The van der Waals surface area contributed by atoms with Crippen LogP contribution in [0.15, 0.2) is 24.3 Å². The van der Waals surface area contributed by atoms with Gasteiger partial charge < -0.3 is 9.64 Å². The van der Waals surface area contributed by atoms with Crippen LogP contribution in [-0.2, 0) is 11.2 Å². The molecule has 1 amide bonds. The molecule has 2 saturated carbocycles. The van der Waals surface area contributed by atoms with Crippen LogP contribution in [0.25, 0.3) is 0 Å². The summed E-state index contributed by atoms with van der Waals surface area (Å²) in [4.78, 5) is 15.0. The smallest absolute Gasteiger partial charge is 0.225 e. The number of carbonyl (C=O) groups is 1. The van der Waals surface area contributed by atoms with Gasteiger partial charge in [0.15, 0.2) is 0 Å². The number of rotatable bonds is 4. The normalized spacial score (nSPS) is 23.6. The van der Waals surface area contributed by atoms with E-state index < -0.39 is 0 Å². The molecule has 25 heavy (non-hydrogen) atoms. The summed E-state index contributed by atoms with van der Waals surface area (Å²) in [7, 11) is 1.72. The minimum absolute atomic E-state index is 0.321. The lowest BCUT2D eigenvalue weighted by Gasteiger charge is -2.36. The molecule has 4 rings (SSSR count). The number of ether oxygens (including phenoxy) is 1. The van der Waals surface area contributed by atoms with E-state index in [4.69, 9.17) is 4.74 Å². The highest BCUT2D eigenvalue weighted by molar-refractivity contribution is 5.79. The van der Waals surface area contributed by atoms with Gasteiger partial charge in [0.05, 0.1) is 7.11 Å². The largest absolute Gasteiger partial charge is 0.497 e. The zero-order chi connectivity index (χ0) is 17.3. The zero-order valence-corrected chi connectivity index (χ0v) is 15.5. The summed E-state index contributed by atoms with van der Waals surface area (Å²) in [6, 6.07) is 8.41. The summed E-state index contributed by atoms with van der Waals surface area (Å²) in [6.07, 6.45) is 11.1. The summed E-state index contributed by atoms with van der Waals surface area (Å²) in [5.74, 6) is 2.41. The van der Waals surface area contributed by atoms with Crippen LogP contribution >= 0.6 is 0 Å². The van der Waals surface area contributed by atoms with E-state index >= 15 is 0 Å². The molecule has 1 aromatic carbocycles. The van der Waals surface area contributed by atoms with Crippen molar-refractivity contribution in [3.05, 3.63) is 29.8 Å². The van der Waals surface area contributed by atoms with Gasteiger partial charge in [-0.2, -0.15) is 0 Å². The first-order valence-corrected chi connectivity index (χ1v) is 10.1. The van der Waals surface area contributed by atoms with Crippen molar-refractivity contribution in [1.82, 2.24) is 4.90 Å². The fourth-order valence-corrected chi connectivity index (χ4v) is 4.90. The topological polar surface area (TPSA) is 29.5 Å². The molecule has 3 nitrogen and oxygen atoms in total. The number of likely N-dealkylation sites (tertiary alicyclic amines) is 1. The molecule has 0 unspecified atom stereocenters. The number of nitrogens with zero attached hydrogens (tertiary/aromatic N) is 1. The molecule has 3 heteroatoms. The van der Waals surface area contributed by atoms with Gasteiger partial charge in [0.1, 0.15) is 5.75 Å². The minimum Gasteiger partial charge on any atom is -0.497 e. The van der Waals surface area contributed by atoms with E-state index in [0.717, 1.165) is 50.9 Å². The summed E-state index contributed by atoms with van der Waals surface area (Å²) >= 11 is 0. The molecule has 136 valence electrons. The Labute approximate surface area is 151 Å². The number of hydrogen-bond acceptors (Lipinski definition) is 2. The number of methoxy groups -OCH3 is 1. The third-order valence-corrected chi connectivity index (χ3v) is 6.94. The van der Waals surface area contributed by atoms with Gasteiger partial charge in [-0.25, -0.2) is 0 Å². The van der Waals surface area contributed by atoms with E-state index in [9.17, 15) is 4.79 Å². The van der Waals surface area contributed by atoms with Crippen LogP contribution in [0.3, 0.4) is 0 Å². The first-order valence-electron chi connectivity index (χ1n) is 10.1. The van der Waals surface area contributed by atoms with Crippen LogP contribution in [0.1, 0.15) is 56.9 Å². The average Bonchev–Trinajstić information content (AvgIpc) is 3.41. The molecule has 1 aromatic rings. The monoisotopic (exact) mass is 341 g/mol. The van der Waals surface area contributed by atoms with Crippen molar-refractivity contribution in [3.63, 3.8) is 0 Å².